The fraction of sp³-hybridized carbons (Fsp3) is 0.458. The molecule has 0 bridgehead atoms. The summed E-state index contributed by atoms with van der Waals surface area (Å²) in [6, 6.07) is 13.9. The van der Waals surface area contributed by atoms with E-state index in [2.05, 4.69) is 10.2 Å². The summed E-state index contributed by atoms with van der Waals surface area (Å²) in [7, 11) is -2.49. The molecule has 0 spiro atoms. The first-order chi connectivity index (χ1) is 16.4. The molecule has 0 saturated carbocycles. The third-order valence-corrected chi connectivity index (χ3v) is 7.79. The lowest BCUT2D eigenvalue weighted by Gasteiger charge is -2.26. The minimum Gasteiger partial charge on any atom is -0.495 e. The monoisotopic (exact) mass is 509 g/mol. The van der Waals surface area contributed by atoms with Gasteiger partial charge < -0.3 is 14.8 Å². The van der Waals surface area contributed by atoms with Crippen molar-refractivity contribution in [1.82, 2.24) is 14.5 Å². The number of methoxy groups -OCH3 is 1. The van der Waals surface area contributed by atoms with Crippen molar-refractivity contribution in [1.29, 1.82) is 0 Å². The second kappa shape index (κ2) is 13.1. The molecule has 1 aliphatic rings. The van der Waals surface area contributed by atoms with Crippen LogP contribution in [0.5, 0.6) is 5.75 Å². The maximum atomic E-state index is 13.4. The van der Waals surface area contributed by atoms with Crippen LogP contribution in [0.4, 0.5) is 0 Å². The first kappa shape index (κ1) is 26.4. The summed E-state index contributed by atoms with van der Waals surface area (Å²) >= 11 is 6.17. The van der Waals surface area contributed by atoms with E-state index >= 15 is 0 Å². The van der Waals surface area contributed by atoms with Gasteiger partial charge in [0.1, 0.15) is 5.75 Å². The molecule has 10 heteroatoms. The SMILES string of the molecule is COc1ccc(S(=O)(=O)N(CCc2ccccc2)CC(=O)NCCCN2CCOCC2)cc1Cl. The number of carbonyl (C=O) groups is 1. The number of carbonyl (C=O) groups excluding carboxylic acids is 1. The molecule has 8 nitrogen and oxygen atoms in total. The normalized spacial score (nSPS) is 14.8. The standard InChI is InChI=1S/C24H32ClN3O5S/c1-32-23-9-8-21(18-22(23)25)34(30,31)28(13-10-20-6-3-2-4-7-20)19-24(29)26-11-5-12-27-14-16-33-17-15-27/h2-4,6-9,18H,5,10-17,19H2,1H3,(H,26,29). The van der Waals surface area contributed by atoms with Gasteiger partial charge in [0.15, 0.2) is 0 Å². The van der Waals surface area contributed by atoms with E-state index in [1.165, 1.54) is 29.6 Å². The highest BCUT2D eigenvalue weighted by atomic mass is 35.5. The summed E-state index contributed by atoms with van der Waals surface area (Å²) in [5.41, 5.74) is 0.987. The van der Waals surface area contributed by atoms with E-state index < -0.39 is 10.0 Å². The third-order valence-electron chi connectivity index (χ3n) is 5.65. The topological polar surface area (TPSA) is 88.2 Å². The van der Waals surface area contributed by atoms with Gasteiger partial charge in [-0.25, -0.2) is 8.42 Å². The number of morpholine rings is 1. The summed E-state index contributed by atoms with van der Waals surface area (Å²) in [6.07, 6.45) is 1.27. The molecule has 0 atom stereocenters. The van der Waals surface area contributed by atoms with Crippen molar-refractivity contribution in [3.05, 3.63) is 59.1 Å². The summed E-state index contributed by atoms with van der Waals surface area (Å²) in [5.74, 6) is 0.0488. The molecule has 1 heterocycles. The van der Waals surface area contributed by atoms with Crippen molar-refractivity contribution in [2.45, 2.75) is 17.7 Å². The largest absolute Gasteiger partial charge is 0.495 e. The molecule has 1 N–H and O–H groups in total. The maximum absolute atomic E-state index is 13.4. The van der Waals surface area contributed by atoms with Crippen LogP contribution < -0.4 is 10.1 Å². The Kier molecular flexibility index (Phi) is 10.2. The molecule has 186 valence electrons. The Hall–Kier alpha value is -2.17. The molecule has 1 amide bonds. The van der Waals surface area contributed by atoms with E-state index in [4.69, 9.17) is 21.1 Å². The Bertz CT molecular complexity index is 1030. The molecular formula is C24H32ClN3O5S. The highest BCUT2D eigenvalue weighted by Gasteiger charge is 2.27. The third kappa shape index (κ3) is 7.68. The predicted molar refractivity (Wildman–Crippen MR) is 132 cm³/mol. The maximum Gasteiger partial charge on any atom is 0.243 e. The van der Waals surface area contributed by atoms with Crippen LogP contribution >= 0.6 is 11.6 Å². The molecule has 1 saturated heterocycles. The average molecular weight is 510 g/mol. The van der Waals surface area contributed by atoms with Crippen LogP contribution in [0, 0.1) is 0 Å². The van der Waals surface area contributed by atoms with Crippen LogP contribution in [0.2, 0.25) is 5.02 Å². The molecule has 3 rings (SSSR count). The number of hydrogen-bond acceptors (Lipinski definition) is 6. The molecule has 34 heavy (non-hydrogen) atoms. The second-order valence-electron chi connectivity index (χ2n) is 8.03. The number of halogens is 1. The van der Waals surface area contributed by atoms with E-state index in [1.807, 2.05) is 30.3 Å². The summed E-state index contributed by atoms with van der Waals surface area (Å²) < 4.78 is 38.5. The van der Waals surface area contributed by atoms with Gasteiger partial charge in [0.2, 0.25) is 15.9 Å². The summed E-state index contributed by atoms with van der Waals surface area (Å²) in [4.78, 5) is 15.0. The molecule has 0 aliphatic carbocycles. The van der Waals surface area contributed by atoms with Gasteiger partial charge in [-0.3, -0.25) is 9.69 Å². The molecule has 2 aromatic carbocycles. The predicted octanol–water partition coefficient (Wildman–Crippen LogP) is 2.42. The van der Waals surface area contributed by atoms with Gasteiger partial charge in [0.05, 0.1) is 36.8 Å². The first-order valence-corrected chi connectivity index (χ1v) is 13.2. The van der Waals surface area contributed by atoms with Gasteiger partial charge in [0.25, 0.3) is 0 Å². The highest BCUT2D eigenvalue weighted by molar-refractivity contribution is 7.89. The number of amides is 1. The van der Waals surface area contributed by atoms with Crippen molar-refractivity contribution in [3.8, 4) is 5.75 Å². The molecule has 1 fully saturated rings. The number of benzene rings is 2. The molecule has 0 aromatic heterocycles. The Balaban J connectivity index is 1.64. The Morgan fingerprint density at radius 1 is 1.18 bits per heavy atom. The van der Waals surface area contributed by atoms with E-state index in [9.17, 15) is 13.2 Å². The lowest BCUT2D eigenvalue weighted by Crippen LogP contribution is -2.42. The fourth-order valence-corrected chi connectivity index (χ4v) is 5.46. The number of nitrogens with one attached hydrogen (secondary N) is 1. The Morgan fingerprint density at radius 3 is 2.59 bits per heavy atom. The van der Waals surface area contributed by atoms with Gasteiger partial charge >= 0.3 is 0 Å². The van der Waals surface area contributed by atoms with E-state index in [1.54, 1.807) is 0 Å². The average Bonchev–Trinajstić information content (AvgIpc) is 2.85. The van der Waals surface area contributed by atoms with Crippen LogP contribution in [-0.4, -0.2) is 83.1 Å². The Morgan fingerprint density at radius 2 is 1.91 bits per heavy atom. The minimum atomic E-state index is -3.95. The van der Waals surface area contributed by atoms with Crippen molar-refractivity contribution in [3.63, 3.8) is 0 Å². The van der Waals surface area contributed by atoms with Crippen LogP contribution in [0.1, 0.15) is 12.0 Å². The number of nitrogens with zero attached hydrogens (tertiary/aromatic N) is 2. The van der Waals surface area contributed by atoms with Gasteiger partial charge in [-0.2, -0.15) is 4.31 Å². The molecular weight excluding hydrogens is 478 g/mol. The van der Waals surface area contributed by atoms with Crippen molar-refractivity contribution in [2.75, 3.05) is 59.6 Å². The second-order valence-corrected chi connectivity index (χ2v) is 10.4. The summed E-state index contributed by atoms with van der Waals surface area (Å²) in [6.45, 7) is 4.49. The van der Waals surface area contributed by atoms with Crippen LogP contribution in [-0.2, 0) is 26.0 Å². The van der Waals surface area contributed by atoms with E-state index in [0.717, 1.165) is 44.8 Å². The Labute approximate surface area is 206 Å². The first-order valence-electron chi connectivity index (χ1n) is 11.3. The number of rotatable bonds is 12. The van der Waals surface area contributed by atoms with Gasteiger partial charge in [0, 0.05) is 26.2 Å². The van der Waals surface area contributed by atoms with Crippen molar-refractivity contribution in [2.24, 2.45) is 0 Å². The van der Waals surface area contributed by atoms with Gasteiger partial charge in [-0.15, -0.1) is 0 Å². The lowest BCUT2D eigenvalue weighted by molar-refractivity contribution is -0.121. The minimum absolute atomic E-state index is 0.0199. The van der Waals surface area contributed by atoms with Crippen molar-refractivity contribution >= 4 is 27.5 Å². The highest BCUT2D eigenvalue weighted by Crippen LogP contribution is 2.28. The van der Waals surface area contributed by atoms with Gasteiger partial charge in [-0.05, 0) is 43.1 Å². The number of sulfonamides is 1. The van der Waals surface area contributed by atoms with Crippen LogP contribution in [0.15, 0.2) is 53.4 Å². The zero-order valence-corrected chi connectivity index (χ0v) is 21.0. The molecule has 1 aliphatic heterocycles. The van der Waals surface area contributed by atoms with Gasteiger partial charge in [-0.1, -0.05) is 41.9 Å². The fourth-order valence-electron chi connectivity index (χ4n) is 3.71. The molecule has 0 radical (unpaired) electrons. The number of hydrogen-bond donors (Lipinski definition) is 1. The molecule has 0 unspecified atom stereocenters. The zero-order valence-electron chi connectivity index (χ0n) is 19.4. The van der Waals surface area contributed by atoms with E-state index in [-0.39, 0.29) is 28.9 Å². The summed E-state index contributed by atoms with van der Waals surface area (Å²) in [5, 5.41) is 3.05. The van der Waals surface area contributed by atoms with Crippen molar-refractivity contribution < 1.29 is 22.7 Å². The van der Waals surface area contributed by atoms with Crippen LogP contribution in [0.25, 0.3) is 0 Å². The number of ether oxygens (including phenoxy) is 2. The lowest BCUT2D eigenvalue weighted by atomic mass is 10.1. The smallest absolute Gasteiger partial charge is 0.243 e. The zero-order chi connectivity index (χ0) is 24.4. The van der Waals surface area contributed by atoms with Crippen LogP contribution in [0.3, 0.4) is 0 Å². The van der Waals surface area contributed by atoms with E-state index in [0.29, 0.717) is 18.7 Å². The molecule has 2 aromatic rings. The quantitative estimate of drug-likeness (QED) is 0.442.